The molecule has 2 aromatic carbocycles. The summed E-state index contributed by atoms with van der Waals surface area (Å²) in [6.07, 6.45) is 0.874. The third kappa shape index (κ3) is 2.39. The number of para-hydroxylation sites is 1. The van der Waals surface area contributed by atoms with E-state index in [-0.39, 0.29) is 17.7 Å². The molecule has 1 aliphatic rings. The lowest BCUT2D eigenvalue weighted by Crippen LogP contribution is -2.30. The van der Waals surface area contributed by atoms with E-state index < -0.39 is 0 Å². The zero-order chi connectivity index (χ0) is 17.4. The van der Waals surface area contributed by atoms with Gasteiger partial charge in [0, 0.05) is 17.7 Å². The topological polar surface area (TPSA) is 69.2 Å². The number of nitrogens with one attached hydrogen (secondary N) is 1. The van der Waals surface area contributed by atoms with E-state index in [1.54, 1.807) is 12.1 Å². The van der Waals surface area contributed by atoms with Gasteiger partial charge >= 0.3 is 0 Å². The molecule has 0 saturated heterocycles. The molecule has 2 heterocycles. The van der Waals surface area contributed by atoms with Crippen molar-refractivity contribution in [3.63, 3.8) is 0 Å². The van der Waals surface area contributed by atoms with Gasteiger partial charge in [-0.1, -0.05) is 49.4 Å². The van der Waals surface area contributed by atoms with Crippen LogP contribution in [0.15, 0.2) is 54.6 Å². The largest absolute Gasteiger partial charge is 0.507 e. The van der Waals surface area contributed by atoms with Gasteiger partial charge in [-0.05, 0) is 24.1 Å². The molecule has 0 radical (unpaired) electrons. The number of rotatable bonds is 4. The summed E-state index contributed by atoms with van der Waals surface area (Å²) in [6, 6.07) is 16.8. The highest BCUT2D eigenvalue weighted by Gasteiger charge is 2.41. The van der Waals surface area contributed by atoms with Gasteiger partial charge in [0.2, 0.25) is 0 Å². The van der Waals surface area contributed by atoms with Crippen LogP contribution in [0.25, 0.3) is 11.3 Å². The van der Waals surface area contributed by atoms with Crippen molar-refractivity contribution in [2.45, 2.75) is 19.4 Å². The SMILES string of the molecule is CCCN1C(=O)c2[nH]nc(-c3ccccc3O)c2[C@H]1c1ccccc1. The highest BCUT2D eigenvalue weighted by atomic mass is 16.3. The monoisotopic (exact) mass is 333 g/mol. The number of H-pyrrole nitrogens is 1. The highest BCUT2D eigenvalue weighted by Crippen LogP contribution is 2.44. The molecule has 1 aliphatic heterocycles. The van der Waals surface area contributed by atoms with Gasteiger partial charge in [-0.15, -0.1) is 0 Å². The van der Waals surface area contributed by atoms with Crippen LogP contribution in [0.4, 0.5) is 0 Å². The minimum atomic E-state index is -0.197. The Morgan fingerprint density at radius 1 is 1.12 bits per heavy atom. The molecule has 0 saturated carbocycles. The van der Waals surface area contributed by atoms with Crippen LogP contribution in [0.5, 0.6) is 5.75 Å². The van der Waals surface area contributed by atoms with E-state index in [1.807, 2.05) is 47.4 Å². The van der Waals surface area contributed by atoms with E-state index in [0.717, 1.165) is 17.5 Å². The fourth-order valence-electron chi connectivity index (χ4n) is 3.53. The number of amides is 1. The van der Waals surface area contributed by atoms with Crippen LogP contribution in [-0.2, 0) is 0 Å². The molecule has 2 N–H and O–H groups in total. The smallest absolute Gasteiger partial charge is 0.273 e. The van der Waals surface area contributed by atoms with E-state index in [9.17, 15) is 9.90 Å². The number of phenols is 1. The summed E-state index contributed by atoms with van der Waals surface area (Å²) < 4.78 is 0. The van der Waals surface area contributed by atoms with Crippen LogP contribution < -0.4 is 0 Å². The molecule has 0 fully saturated rings. The second kappa shape index (κ2) is 6.09. The van der Waals surface area contributed by atoms with Crippen LogP contribution in [0, 0.1) is 0 Å². The quantitative estimate of drug-likeness (QED) is 0.764. The third-order valence-electron chi connectivity index (χ3n) is 4.60. The number of phenolic OH excluding ortho intramolecular Hbond substituents is 1. The number of hydrogen-bond donors (Lipinski definition) is 2. The number of aromatic amines is 1. The number of benzene rings is 2. The Balaban J connectivity index is 1.92. The first-order valence-electron chi connectivity index (χ1n) is 8.45. The predicted molar refractivity (Wildman–Crippen MR) is 95.3 cm³/mol. The standard InChI is InChI=1S/C20H19N3O2/c1-2-12-23-19(13-8-4-3-5-9-13)16-17(21-22-18(16)20(23)25)14-10-6-7-11-15(14)24/h3-11,19,24H,2,12H2,1H3,(H,21,22)/t19-/m1/s1. The minimum Gasteiger partial charge on any atom is -0.507 e. The summed E-state index contributed by atoms with van der Waals surface area (Å²) in [6.45, 7) is 2.73. The van der Waals surface area contributed by atoms with Gasteiger partial charge in [-0.3, -0.25) is 9.89 Å². The van der Waals surface area contributed by atoms with Crippen molar-refractivity contribution in [1.29, 1.82) is 0 Å². The Kier molecular flexibility index (Phi) is 3.76. The van der Waals surface area contributed by atoms with Crippen molar-refractivity contribution >= 4 is 5.91 Å². The predicted octanol–water partition coefficient (Wildman–Crippen LogP) is 3.74. The van der Waals surface area contributed by atoms with Gasteiger partial charge in [0.1, 0.15) is 17.1 Å². The average molecular weight is 333 g/mol. The molecule has 5 nitrogen and oxygen atoms in total. The van der Waals surface area contributed by atoms with Crippen LogP contribution in [0.1, 0.15) is 41.0 Å². The van der Waals surface area contributed by atoms with E-state index in [2.05, 4.69) is 17.1 Å². The lowest BCUT2D eigenvalue weighted by atomic mass is 9.96. The van der Waals surface area contributed by atoms with E-state index in [1.165, 1.54) is 0 Å². The molecule has 1 aromatic heterocycles. The van der Waals surface area contributed by atoms with E-state index in [4.69, 9.17) is 0 Å². The van der Waals surface area contributed by atoms with Gasteiger partial charge in [0.15, 0.2) is 0 Å². The summed E-state index contributed by atoms with van der Waals surface area (Å²) >= 11 is 0. The van der Waals surface area contributed by atoms with Gasteiger partial charge in [0.05, 0.1) is 6.04 Å². The first-order valence-corrected chi connectivity index (χ1v) is 8.45. The molecule has 0 spiro atoms. The Hall–Kier alpha value is -3.08. The van der Waals surface area contributed by atoms with Gasteiger partial charge in [0.25, 0.3) is 5.91 Å². The van der Waals surface area contributed by atoms with Crippen molar-refractivity contribution < 1.29 is 9.90 Å². The second-order valence-electron chi connectivity index (χ2n) is 6.19. The lowest BCUT2D eigenvalue weighted by Gasteiger charge is -2.26. The fraction of sp³-hybridized carbons (Fsp3) is 0.200. The Labute approximate surface area is 145 Å². The molecule has 1 atom stereocenters. The molecule has 0 bridgehead atoms. The molecule has 5 heteroatoms. The van der Waals surface area contributed by atoms with Crippen LogP contribution in [-0.4, -0.2) is 32.7 Å². The summed E-state index contributed by atoms with van der Waals surface area (Å²) in [5.41, 5.74) is 3.66. The number of carbonyl (C=O) groups is 1. The summed E-state index contributed by atoms with van der Waals surface area (Å²) in [7, 11) is 0. The Morgan fingerprint density at radius 3 is 2.56 bits per heavy atom. The van der Waals surface area contributed by atoms with Crippen molar-refractivity contribution in [2.24, 2.45) is 0 Å². The maximum Gasteiger partial charge on any atom is 0.273 e. The maximum absolute atomic E-state index is 12.9. The van der Waals surface area contributed by atoms with Gasteiger partial charge < -0.3 is 10.0 Å². The first-order chi connectivity index (χ1) is 12.2. The lowest BCUT2D eigenvalue weighted by molar-refractivity contribution is 0.0744. The van der Waals surface area contributed by atoms with Crippen molar-refractivity contribution in [3.8, 4) is 17.0 Å². The number of carbonyl (C=O) groups excluding carboxylic acids is 1. The average Bonchev–Trinajstić information content (AvgIpc) is 3.17. The fourth-order valence-corrected chi connectivity index (χ4v) is 3.53. The normalized spacial score (nSPS) is 16.3. The highest BCUT2D eigenvalue weighted by molar-refractivity contribution is 6.00. The minimum absolute atomic E-state index is 0.0418. The number of nitrogens with zero attached hydrogens (tertiary/aromatic N) is 2. The molecule has 4 rings (SSSR count). The van der Waals surface area contributed by atoms with Crippen molar-refractivity contribution in [2.75, 3.05) is 6.54 Å². The number of aromatic nitrogens is 2. The van der Waals surface area contributed by atoms with Crippen LogP contribution in [0.2, 0.25) is 0 Å². The van der Waals surface area contributed by atoms with Gasteiger partial charge in [-0.25, -0.2) is 0 Å². The number of hydrogen-bond acceptors (Lipinski definition) is 3. The maximum atomic E-state index is 12.9. The Bertz CT molecular complexity index is 918. The second-order valence-corrected chi connectivity index (χ2v) is 6.19. The van der Waals surface area contributed by atoms with Crippen molar-refractivity contribution in [3.05, 3.63) is 71.4 Å². The molecule has 0 aliphatic carbocycles. The molecular weight excluding hydrogens is 314 g/mol. The van der Waals surface area contributed by atoms with Crippen LogP contribution in [0.3, 0.4) is 0 Å². The molecular formula is C20H19N3O2. The summed E-state index contributed by atoms with van der Waals surface area (Å²) in [5.74, 6) is 0.116. The van der Waals surface area contributed by atoms with Crippen LogP contribution >= 0.6 is 0 Å². The zero-order valence-corrected chi connectivity index (χ0v) is 13.9. The van der Waals surface area contributed by atoms with Crippen molar-refractivity contribution in [1.82, 2.24) is 15.1 Å². The van der Waals surface area contributed by atoms with Gasteiger partial charge in [-0.2, -0.15) is 5.10 Å². The Morgan fingerprint density at radius 2 is 1.84 bits per heavy atom. The molecule has 25 heavy (non-hydrogen) atoms. The molecule has 3 aromatic rings. The number of fused-ring (bicyclic) bond motifs is 1. The third-order valence-corrected chi connectivity index (χ3v) is 4.60. The molecule has 1 amide bonds. The zero-order valence-electron chi connectivity index (χ0n) is 13.9. The first kappa shape index (κ1) is 15.4. The molecule has 126 valence electrons. The van der Waals surface area contributed by atoms with E-state index in [0.29, 0.717) is 23.5 Å². The number of aromatic hydroxyl groups is 1. The summed E-state index contributed by atoms with van der Waals surface area (Å²) in [4.78, 5) is 14.8. The van der Waals surface area contributed by atoms with E-state index >= 15 is 0 Å². The summed E-state index contributed by atoms with van der Waals surface area (Å²) in [5, 5.41) is 17.5. The molecule has 0 unspecified atom stereocenters.